The van der Waals surface area contributed by atoms with E-state index in [1.807, 2.05) is 24.3 Å². The molecule has 13 heavy (non-hydrogen) atoms. The third kappa shape index (κ3) is 1.59. The van der Waals surface area contributed by atoms with Crippen LogP contribution in [0.15, 0.2) is 42.5 Å². The minimum atomic E-state index is 1.06. The van der Waals surface area contributed by atoms with Crippen molar-refractivity contribution in [2.45, 2.75) is 0 Å². The molecule has 2 rings (SSSR count). The molecule has 0 aliphatic heterocycles. The number of halogens is 1. The molecular weight excluding hydrogens is 224 g/mol. The lowest BCUT2D eigenvalue weighted by atomic mass is 10.1. The van der Waals surface area contributed by atoms with Gasteiger partial charge in [0.25, 0.3) is 0 Å². The summed E-state index contributed by atoms with van der Waals surface area (Å²) in [4.78, 5) is 2.74. The molecule has 0 atom stereocenters. The fraction of sp³-hybridized carbons (Fsp3) is 0. The summed E-state index contributed by atoms with van der Waals surface area (Å²) in [6, 6.07) is 14.4. The maximum atomic E-state index is 3.11. The summed E-state index contributed by atoms with van der Waals surface area (Å²) in [5.41, 5.74) is 1.06. The summed E-state index contributed by atoms with van der Waals surface area (Å²) in [5, 5.41) is 2.44. The molecule has 0 saturated heterocycles. The third-order valence-electron chi connectivity index (χ3n) is 1.97. The maximum Gasteiger partial charge on any atom is 0.0332 e. The zero-order chi connectivity index (χ0) is 9.10. The molecule has 0 heterocycles. The van der Waals surface area contributed by atoms with E-state index in [1.165, 1.54) is 10.8 Å². The Balaban J connectivity index is 2.80. The lowest BCUT2D eigenvalue weighted by Gasteiger charge is -1.98. The smallest absolute Gasteiger partial charge is 0.0332 e. The van der Waals surface area contributed by atoms with E-state index in [1.54, 1.807) is 0 Å². The monoisotopic (exact) mass is 230 g/mol. The lowest BCUT2D eigenvalue weighted by molar-refractivity contribution is 1.71. The Morgan fingerprint density at radius 3 is 2.54 bits per heavy atom. The van der Waals surface area contributed by atoms with Crippen molar-refractivity contribution in [2.24, 2.45) is 0 Å². The first-order chi connectivity index (χ1) is 6.42. The highest BCUT2D eigenvalue weighted by atomic mass is 79.9. The van der Waals surface area contributed by atoms with Gasteiger partial charge in [-0.3, -0.25) is 0 Å². The molecule has 0 nitrogen and oxygen atoms in total. The molecule has 0 aliphatic carbocycles. The van der Waals surface area contributed by atoms with Gasteiger partial charge in [-0.15, -0.1) is 0 Å². The summed E-state index contributed by atoms with van der Waals surface area (Å²) >= 11 is 3.11. The molecule has 0 saturated carbocycles. The second kappa shape index (κ2) is 3.64. The molecule has 2 aromatic rings. The molecular formula is C12H7Br. The Bertz CT molecular complexity index is 484. The Morgan fingerprint density at radius 2 is 1.69 bits per heavy atom. The Morgan fingerprint density at radius 1 is 0.923 bits per heavy atom. The predicted molar refractivity (Wildman–Crippen MR) is 59.8 cm³/mol. The molecule has 0 aromatic heterocycles. The van der Waals surface area contributed by atoms with Crippen molar-refractivity contribution in [1.29, 1.82) is 0 Å². The van der Waals surface area contributed by atoms with Crippen LogP contribution in [0.4, 0.5) is 0 Å². The van der Waals surface area contributed by atoms with Gasteiger partial charge in [0.1, 0.15) is 0 Å². The summed E-state index contributed by atoms with van der Waals surface area (Å²) in [6.45, 7) is 0. The molecule has 0 fully saturated rings. The van der Waals surface area contributed by atoms with Gasteiger partial charge < -0.3 is 0 Å². The summed E-state index contributed by atoms with van der Waals surface area (Å²) < 4.78 is 0. The first-order valence-electron chi connectivity index (χ1n) is 4.01. The van der Waals surface area contributed by atoms with Crippen molar-refractivity contribution in [1.82, 2.24) is 0 Å². The van der Waals surface area contributed by atoms with Crippen molar-refractivity contribution in [3.05, 3.63) is 48.0 Å². The van der Waals surface area contributed by atoms with Gasteiger partial charge in [-0.1, -0.05) is 42.3 Å². The van der Waals surface area contributed by atoms with Crippen LogP contribution in [-0.2, 0) is 0 Å². The first kappa shape index (κ1) is 8.34. The summed E-state index contributed by atoms with van der Waals surface area (Å²) in [5.74, 6) is 3.02. The van der Waals surface area contributed by atoms with Gasteiger partial charge in [-0.2, -0.15) is 0 Å². The van der Waals surface area contributed by atoms with E-state index in [0.717, 1.165) is 5.56 Å². The Kier molecular flexibility index (Phi) is 2.33. The zero-order valence-corrected chi connectivity index (χ0v) is 8.51. The fourth-order valence-electron chi connectivity index (χ4n) is 1.39. The van der Waals surface area contributed by atoms with Crippen molar-refractivity contribution in [3.8, 4) is 10.8 Å². The van der Waals surface area contributed by atoms with E-state index >= 15 is 0 Å². The number of hydrogen-bond donors (Lipinski definition) is 0. The number of hydrogen-bond acceptors (Lipinski definition) is 0. The number of fused-ring (bicyclic) bond motifs is 1. The van der Waals surface area contributed by atoms with E-state index < -0.39 is 0 Å². The average Bonchev–Trinajstić information content (AvgIpc) is 2.19. The molecule has 0 bridgehead atoms. The standard InChI is InChI=1S/C12H7Br/c13-9-8-11-6-3-5-10-4-1-2-7-12(10)11/h1-7H. The second-order valence-electron chi connectivity index (χ2n) is 2.75. The molecule has 2 aromatic carbocycles. The van der Waals surface area contributed by atoms with Crippen molar-refractivity contribution >= 4 is 26.7 Å². The highest BCUT2D eigenvalue weighted by Gasteiger charge is 1.95. The Hall–Kier alpha value is -1.26. The molecule has 0 amide bonds. The SMILES string of the molecule is BrC#Cc1cccc2ccccc12. The van der Waals surface area contributed by atoms with E-state index in [0.29, 0.717) is 0 Å². The largest absolute Gasteiger partial charge is 0.0616 e. The maximum absolute atomic E-state index is 3.11. The molecule has 0 spiro atoms. The molecule has 0 unspecified atom stereocenters. The van der Waals surface area contributed by atoms with E-state index in [2.05, 4.69) is 44.9 Å². The normalized spacial score (nSPS) is 9.31. The van der Waals surface area contributed by atoms with Crippen LogP contribution >= 0.6 is 15.9 Å². The topological polar surface area (TPSA) is 0 Å². The van der Waals surface area contributed by atoms with Gasteiger partial charge in [-0.25, -0.2) is 0 Å². The first-order valence-corrected chi connectivity index (χ1v) is 4.80. The molecule has 1 heteroatoms. The van der Waals surface area contributed by atoms with Gasteiger partial charge in [-0.05, 0) is 21.7 Å². The van der Waals surface area contributed by atoms with Crippen molar-refractivity contribution < 1.29 is 0 Å². The zero-order valence-electron chi connectivity index (χ0n) is 6.92. The predicted octanol–water partition coefficient (Wildman–Crippen LogP) is 3.54. The van der Waals surface area contributed by atoms with Gasteiger partial charge >= 0.3 is 0 Å². The highest BCUT2D eigenvalue weighted by Crippen LogP contribution is 2.17. The van der Waals surface area contributed by atoms with E-state index in [-0.39, 0.29) is 0 Å². The van der Waals surface area contributed by atoms with Crippen molar-refractivity contribution in [2.75, 3.05) is 0 Å². The number of benzene rings is 2. The molecule has 0 N–H and O–H groups in total. The van der Waals surface area contributed by atoms with Crippen molar-refractivity contribution in [3.63, 3.8) is 0 Å². The van der Waals surface area contributed by atoms with Crippen LogP contribution < -0.4 is 0 Å². The summed E-state index contributed by atoms with van der Waals surface area (Å²) in [6.07, 6.45) is 0. The van der Waals surface area contributed by atoms with Crippen LogP contribution in [0.5, 0.6) is 0 Å². The van der Waals surface area contributed by atoms with Crippen LogP contribution in [0.2, 0.25) is 0 Å². The van der Waals surface area contributed by atoms with E-state index in [4.69, 9.17) is 0 Å². The van der Waals surface area contributed by atoms with Crippen LogP contribution in [0, 0.1) is 10.8 Å². The van der Waals surface area contributed by atoms with Crippen LogP contribution in [0.25, 0.3) is 10.8 Å². The quantitative estimate of drug-likeness (QED) is 0.608. The van der Waals surface area contributed by atoms with Crippen LogP contribution in [0.3, 0.4) is 0 Å². The minimum Gasteiger partial charge on any atom is -0.0616 e. The molecule has 0 aliphatic rings. The Labute approximate surface area is 85.7 Å². The second-order valence-corrected chi connectivity index (χ2v) is 3.14. The van der Waals surface area contributed by atoms with Gasteiger partial charge in [0.15, 0.2) is 0 Å². The van der Waals surface area contributed by atoms with Gasteiger partial charge in [0, 0.05) is 21.5 Å². The lowest BCUT2D eigenvalue weighted by Crippen LogP contribution is -1.77. The van der Waals surface area contributed by atoms with Gasteiger partial charge in [0.2, 0.25) is 0 Å². The summed E-state index contributed by atoms with van der Waals surface area (Å²) in [7, 11) is 0. The molecule has 62 valence electrons. The number of rotatable bonds is 0. The molecule has 0 radical (unpaired) electrons. The fourth-order valence-corrected chi connectivity index (χ4v) is 1.60. The van der Waals surface area contributed by atoms with Crippen LogP contribution in [0.1, 0.15) is 5.56 Å². The van der Waals surface area contributed by atoms with Crippen LogP contribution in [-0.4, -0.2) is 0 Å². The minimum absolute atomic E-state index is 1.06. The van der Waals surface area contributed by atoms with E-state index in [9.17, 15) is 0 Å². The highest BCUT2D eigenvalue weighted by molar-refractivity contribution is 9.12. The third-order valence-corrected chi connectivity index (χ3v) is 2.17. The average molecular weight is 231 g/mol. The van der Waals surface area contributed by atoms with Gasteiger partial charge in [0.05, 0.1) is 0 Å².